The van der Waals surface area contributed by atoms with Crippen molar-refractivity contribution in [1.29, 1.82) is 0 Å². The van der Waals surface area contributed by atoms with Gasteiger partial charge in [0.15, 0.2) is 0 Å². The largest absolute Gasteiger partial charge is 0.492 e. The zero-order valence-electron chi connectivity index (χ0n) is 12.3. The first kappa shape index (κ1) is 16.3. The van der Waals surface area contributed by atoms with E-state index in [1.165, 1.54) is 37.1 Å². The predicted molar refractivity (Wildman–Crippen MR) is 83.7 cm³/mol. The Morgan fingerprint density at radius 2 is 1.89 bits per heavy atom. The molecular weight excluding hydrogens is 258 g/mol. The summed E-state index contributed by atoms with van der Waals surface area (Å²) in [5.41, 5.74) is 2.59. The van der Waals surface area contributed by atoms with Crippen LogP contribution < -0.4 is 4.74 Å². The molecule has 3 heteroatoms. The van der Waals surface area contributed by atoms with Crippen LogP contribution in [0.2, 0.25) is 0 Å². The Kier molecular flexibility index (Phi) is 6.67. The van der Waals surface area contributed by atoms with Gasteiger partial charge in [-0.15, -0.1) is 12.4 Å². The maximum absolute atomic E-state index is 5.95. The minimum absolute atomic E-state index is 0. The van der Waals surface area contributed by atoms with E-state index in [-0.39, 0.29) is 12.4 Å². The number of nitrogens with zero attached hydrogens (tertiary/aromatic N) is 1. The highest BCUT2D eigenvalue weighted by atomic mass is 35.5. The number of ether oxygens (including phenoxy) is 1. The Bertz CT molecular complexity index is 386. The minimum atomic E-state index is 0. The Morgan fingerprint density at radius 1 is 1.21 bits per heavy atom. The highest BCUT2D eigenvalue weighted by molar-refractivity contribution is 5.85. The highest BCUT2D eigenvalue weighted by Crippen LogP contribution is 2.24. The molecule has 1 aromatic carbocycles. The Balaban J connectivity index is 0.00000180. The van der Waals surface area contributed by atoms with Gasteiger partial charge >= 0.3 is 0 Å². The Labute approximate surface area is 123 Å². The van der Waals surface area contributed by atoms with Crippen LogP contribution in [-0.4, -0.2) is 31.1 Å². The average molecular weight is 284 g/mol. The van der Waals surface area contributed by atoms with Gasteiger partial charge in [-0.3, -0.25) is 4.90 Å². The molecular formula is C16H26ClNO. The van der Waals surface area contributed by atoms with Crippen molar-refractivity contribution in [2.75, 3.05) is 26.2 Å². The smallest absolute Gasteiger partial charge is 0.122 e. The lowest BCUT2D eigenvalue weighted by atomic mass is 10.0. The molecule has 0 saturated carbocycles. The van der Waals surface area contributed by atoms with Crippen molar-refractivity contribution in [3.8, 4) is 5.75 Å². The number of halogens is 1. The molecule has 1 aliphatic heterocycles. The van der Waals surface area contributed by atoms with Crippen LogP contribution in [0.4, 0.5) is 0 Å². The van der Waals surface area contributed by atoms with Crippen molar-refractivity contribution in [3.05, 3.63) is 29.3 Å². The number of hydrogen-bond acceptors (Lipinski definition) is 2. The molecule has 0 unspecified atom stereocenters. The van der Waals surface area contributed by atoms with Gasteiger partial charge in [0, 0.05) is 6.54 Å². The third-order valence-corrected chi connectivity index (χ3v) is 3.74. The molecule has 0 bridgehead atoms. The normalized spacial score (nSPS) is 15.6. The van der Waals surface area contributed by atoms with Crippen molar-refractivity contribution in [2.24, 2.45) is 0 Å². The second-order valence-corrected chi connectivity index (χ2v) is 5.58. The molecule has 0 N–H and O–H groups in total. The van der Waals surface area contributed by atoms with E-state index in [0.717, 1.165) is 18.9 Å². The molecule has 0 aliphatic carbocycles. The van der Waals surface area contributed by atoms with E-state index in [4.69, 9.17) is 4.74 Å². The van der Waals surface area contributed by atoms with Gasteiger partial charge in [0.1, 0.15) is 12.4 Å². The maximum Gasteiger partial charge on any atom is 0.122 e. The van der Waals surface area contributed by atoms with Gasteiger partial charge in [-0.2, -0.15) is 0 Å². The van der Waals surface area contributed by atoms with Gasteiger partial charge < -0.3 is 4.74 Å². The van der Waals surface area contributed by atoms with E-state index < -0.39 is 0 Å². The van der Waals surface area contributed by atoms with Crippen molar-refractivity contribution in [2.45, 2.75) is 39.5 Å². The zero-order chi connectivity index (χ0) is 13.0. The molecule has 1 heterocycles. The van der Waals surface area contributed by atoms with Gasteiger partial charge in [-0.1, -0.05) is 26.0 Å². The second-order valence-electron chi connectivity index (χ2n) is 5.58. The van der Waals surface area contributed by atoms with Gasteiger partial charge in [-0.05, 0) is 56.0 Å². The Morgan fingerprint density at radius 3 is 2.53 bits per heavy atom. The lowest BCUT2D eigenvalue weighted by Gasteiger charge is -2.17. The van der Waals surface area contributed by atoms with Crippen molar-refractivity contribution in [3.63, 3.8) is 0 Å². The number of likely N-dealkylation sites (tertiary alicyclic amines) is 1. The first-order valence-electron chi connectivity index (χ1n) is 7.12. The SMILES string of the molecule is Cc1ccc(C(C)C)cc1OCCN1CCCC1.Cl. The second kappa shape index (κ2) is 7.76. The third kappa shape index (κ3) is 4.70. The first-order valence-corrected chi connectivity index (χ1v) is 7.12. The summed E-state index contributed by atoms with van der Waals surface area (Å²) >= 11 is 0. The number of rotatable bonds is 5. The van der Waals surface area contributed by atoms with E-state index in [0.29, 0.717) is 5.92 Å². The molecule has 1 aliphatic rings. The summed E-state index contributed by atoms with van der Waals surface area (Å²) in [4.78, 5) is 2.49. The molecule has 2 rings (SSSR count). The summed E-state index contributed by atoms with van der Waals surface area (Å²) in [6.07, 6.45) is 2.70. The zero-order valence-corrected chi connectivity index (χ0v) is 13.1. The maximum atomic E-state index is 5.95. The summed E-state index contributed by atoms with van der Waals surface area (Å²) in [6.45, 7) is 10.9. The monoisotopic (exact) mass is 283 g/mol. The van der Waals surface area contributed by atoms with E-state index in [9.17, 15) is 0 Å². The fraction of sp³-hybridized carbons (Fsp3) is 0.625. The van der Waals surface area contributed by atoms with Gasteiger partial charge in [0.05, 0.1) is 0 Å². The van der Waals surface area contributed by atoms with Crippen molar-refractivity contribution < 1.29 is 4.74 Å². The van der Waals surface area contributed by atoms with Crippen LogP contribution in [0, 0.1) is 6.92 Å². The molecule has 0 amide bonds. The molecule has 108 valence electrons. The average Bonchev–Trinajstić information content (AvgIpc) is 2.84. The molecule has 1 fully saturated rings. The number of aryl methyl sites for hydroxylation is 1. The molecule has 0 spiro atoms. The standard InChI is InChI=1S/C16H25NO.ClH/c1-13(2)15-7-6-14(3)16(12-15)18-11-10-17-8-4-5-9-17;/h6-7,12-13H,4-5,8-11H2,1-3H3;1H. The van der Waals surface area contributed by atoms with E-state index in [1.807, 2.05) is 0 Å². The van der Waals surface area contributed by atoms with Crippen LogP contribution in [0.15, 0.2) is 18.2 Å². The summed E-state index contributed by atoms with van der Waals surface area (Å²) in [5, 5.41) is 0. The molecule has 19 heavy (non-hydrogen) atoms. The lowest BCUT2D eigenvalue weighted by Crippen LogP contribution is -2.25. The summed E-state index contributed by atoms with van der Waals surface area (Å²) in [7, 11) is 0. The van der Waals surface area contributed by atoms with Crippen LogP contribution in [0.3, 0.4) is 0 Å². The molecule has 0 atom stereocenters. The predicted octanol–water partition coefficient (Wildman–Crippen LogP) is 4.01. The Hall–Kier alpha value is -0.730. The van der Waals surface area contributed by atoms with Crippen LogP contribution in [0.25, 0.3) is 0 Å². The fourth-order valence-corrected chi connectivity index (χ4v) is 2.42. The van der Waals surface area contributed by atoms with Crippen molar-refractivity contribution >= 4 is 12.4 Å². The van der Waals surface area contributed by atoms with E-state index in [1.54, 1.807) is 0 Å². The lowest BCUT2D eigenvalue weighted by molar-refractivity contribution is 0.236. The van der Waals surface area contributed by atoms with Crippen LogP contribution in [0.5, 0.6) is 5.75 Å². The first-order chi connectivity index (χ1) is 8.66. The molecule has 2 nitrogen and oxygen atoms in total. The fourth-order valence-electron chi connectivity index (χ4n) is 2.42. The minimum Gasteiger partial charge on any atom is -0.492 e. The van der Waals surface area contributed by atoms with Crippen LogP contribution in [0.1, 0.15) is 43.7 Å². The number of benzene rings is 1. The van der Waals surface area contributed by atoms with Crippen molar-refractivity contribution in [1.82, 2.24) is 4.90 Å². The topological polar surface area (TPSA) is 12.5 Å². The van der Waals surface area contributed by atoms with Gasteiger partial charge in [-0.25, -0.2) is 0 Å². The van der Waals surface area contributed by atoms with Crippen LogP contribution in [-0.2, 0) is 0 Å². The van der Waals surface area contributed by atoms with E-state index in [2.05, 4.69) is 43.9 Å². The molecule has 1 aromatic rings. The van der Waals surface area contributed by atoms with Crippen LogP contribution >= 0.6 is 12.4 Å². The summed E-state index contributed by atoms with van der Waals surface area (Å²) in [5.74, 6) is 1.62. The molecule has 0 aromatic heterocycles. The van der Waals surface area contributed by atoms with E-state index >= 15 is 0 Å². The third-order valence-electron chi connectivity index (χ3n) is 3.74. The molecule has 0 radical (unpaired) electrons. The number of hydrogen-bond donors (Lipinski definition) is 0. The van der Waals surface area contributed by atoms with Gasteiger partial charge in [0.2, 0.25) is 0 Å². The summed E-state index contributed by atoms with van der Waals surface area (Å²) < 4.78 is 5.95. The highest BCUT2D eigenvalue weighted by Gasteiger charge is 2.11. The van der Waals surface area contributed by atoms with Gasteiger partial charge in [0.25, 0.3) is 0 Å². The quantitative estimate of drug-likeness (QED) is 0.809. The molecule has 1 saturated heterocycles. The summed E-state index contributed by atoms with van der Waals surface area (Å²) in [6, 6.07) is 6.57.